The van der Waals surface area contributed by atoms with Gasteiger partial charge in [-0.05, 0) is 31.7 Å². The Labute approximate surface area is 151 Å². The molecule has 26 heavy (non-hydrogen) atoms. The van der Waals surface area contributed by atoms with E-state index in [1.807, 2.05) is 0 Å². The number of hydrogen-bond acceptors (Lipinski definition) is 4. The zero-order valence-electron chi connectivity index (χ0n) is 14.2. The fraction of sp³-hybridized carbons (Fsp3) is 0.471. The number of thiophene rings is 1. The third-order valence-electron chi connectivity index (χ3n) is 5.06. The molecule has 9 heteroatoms. The van der Waals surface area contributed by atoms with Gasteiger partial charge in [0.25, 0.3) is 5.91 Å². The Morgan fingerprint density at radius 2 is 2.08 bits per heavy atom. The van der Waals surface area contributed by atoms with Gasteiger partial charge in [-0.2, -0.15) is 13.2 Å². The van der Waals surface area contributed by atoms with Gasteiger partial charge in [0.2, 0.25) is 5.91 Å². The summed E-state index contributed by atoms with van der Waals surface area (Å²) in [6, 6.07) is -0.615. The van der Waals surface area contributed by atoms with E-state index in [0.717, 1.165) is 11.3 Å². The standard InChI is InChI=1S/C17H16F3N3O2S/c1-3-8-7(2)11(17(18,19)20)10-12-13(26-15(10)21-8)16(25)23-6-4-5-9(23)14(24)22-12/h9H,3-6H2,1-2H3,(H,22,24). The summed E-state index contributed by atoms with van der Waals surface area (Å²) in [5, 5.41) is 2.42. The van der Waals surface area contributed by atoms with Crippen LogP contribution < -0.4 is 5.32 Å². The number of pyridine rings is 1. The van der Waals surface area contributed by atoms with E-state index in [2.05, 4.69) is 10.3 Å². The molecule has 1 atom stereocenters. The van der Waals surface area contributed by atoms with E-state index in [4.69, 9.17) is 0 Å². The van der Waals surface area contributed by atoms with Gasteiger partial charge in [0.15, 0.2) is 0 Å². The maximum atomic E-state index is 13.8. The molecule has 0 aliphatic carbocycles. The second kappa shape index (κ2) is 5.67. The van der Waals surface area contributed by atoms with Gasteiger partial charge in [-0.3, -0.25) is 9.59 Å². The van der Waals surface area contributed by atoms with Crippen LogP contribution in [0.25, 0.3) is 10.2 Å². The van der Waals surface area contributed by atoms with Crippen molar-refractivity contribution in [3.05, 3.63) is 21.7 Å². The molecule has 2 aliphatic heterocycles. The lowest BCUT2D eigenvalue weighted by atomic mass is 10.0. The number of hydrogen-bond donors (Lipinski definition) is 1. The number of rotatable bonds is 1. The van der Waals surface area contributed by atoms with Gasteiger partial charge in [-0.25, -0.2) is 4.98 Å². The summed E-state index contributed by atoms with van der Waals surface area (Å²) in [7, 11) is 0. The van der Waals surface area contributed by atoms with Crippen molar-refractivity contribution >= 4 is 39.1 Å². The molecule has 2 aromatic heterocycles. The van der Waals surface area contributed by atoms with Gasteiger partial charge < -0.3 is 10.2 Å². The van der Waals surface area contributed by atoms with Crippen LogP contribution in [0.15, 0.2) is 0 Å². The molecule has 4 rings (SSSR count). The number of carbonyl (C=O) groups is 2. The number of amides is 2. The third-order valence-corrected chi connectivity index (χ3v) is 6.13. The second-order valence-electron chi connectivity index (χ2n) is 6.54. The minimum Gasteiger partial charge on any atom is -0.326 e. The third kappa shape index (κ3) is 2.33. The maximum absolute atomic E-state index is 13.8. The SMILES string of the molecule is CCc1nc2sc3c(c2c(C(F)(F)F)c1C)NC(=O)C1CCCN1C3=O. The number of nitrogens with zero attached hydrogens (tertiary/aromatic N) is 2. The molecule has 2 aliphatic rings. The van der Waals surface area contributed by atoms with Gasteiger partial charge >= 0.3 is 6.18 Å². The minimum absolute atomic E-state index is 0.0412. The second-order valence-corrected chi connectivity index (χ2v) is 7.54. The molecule has 0 bridgehead atoms. The Kier molecular flexibility index (Phi) is 3.76. The molecule has 1 unspecified atom stereocenters. The molecule has 0 spiro atoms. The van der Waals surface area contributed by atoms with Crippen LogP contribution in [0.4, 0.5) is 18.9 Å². The highest BCUT2D eigenvalue weighted by Crippen LogP contribution is 2.47. The summed E-state index contributed by atoms with van der Waals surface area (Å²) in [4.78, 5) is 31.4. The summed E-state index contributed by atoms with van der Waals surface area (Å²) < 4.78 is 41.5. The predicted octanol–water partition coefficient (Wildman–Crippen LogP) is 3.74. The van der Waals surface area contributed by atoms with E-state index in [-0.39, 0.29) is 26.3 Å². The molecule has 1 saturated heterocycles. The van der Waals surface area contributed by atoms with Crippen LogP contribution in [0.1, 0.15) is 46.3 Å². The number of nitrogens with one attached hydrogen (secondary N) is 1. The highest BCUT2D eigenvalue weighted by Gasteiger charge is 2.43. The van der Waals surface area contributed by atoms with Crippen molar-refractivity contribution in [2.24, 2.45) is 0 Å². The van der Waals surface area contributed by atoms with Crippen LogP contribution in [0, 0.1) is 6.92 Å². The Balaban J connectivity index is 2.06. The zero-order chi connectivity index (χ0) is 18.8. The summed E-state index contributed by atoms with van der Waals surface area (Å²) >= 11 is 0.924. The van der Waals surface area contributed by atoms with Gasteiger partial charge in [-0.1, -0.05) is 6.92 Å². The van der Waals surface area contributed by atoms with Crippen LogP contribution in [0.5, 0.6) is 0 Å². The molecule has 2 aromatic rings. The number of anilines is 1. The number of aromatic nitrogens is 1. The van der Waals surface area contributed by atoms with Crippen LogP contribution >= 0.6 is 11.3 Å². The molecule has 0 radical (unpaired) electrons. The van der Waals surface area contributed by atoms with Crippen molar-refractivity contribution in [1.29, 1.82) is 0 Å². The number of carbonyl (C=O) groups excluding carboxylic acids is 2. The average molecular weight is 383 g/mol. The lowest BCUT2D eigenvalue weighted by Gasteiger charge is -2.19. The fourth-order valence-corrected chi connectivity index (χ4v) is 4.97. The molecule has 0 saturated carbocycles. The van der Waals surface area contributed by atoms with Crippen molar-refractivity contribution in [2.75, 3.05) is 11.9 Å². The zero-order valence-corrected chi connectivity index (χ0v) is 15.0. The first-order valence-corrected chi connectivity index (χ1v) is 9.20. The van der Waals surface area contributed by atoms with Crippen LogP contribution in [-0.4, -0.2) is 34.3 Å². The fourth-order valence-electron chi connectivity index (χ4n) is 3.86. The number of halogens is 3. The first-order chi connectivity index (χ1) is 12.2. The van der Waals surface area contributed by atoms with Crippen LogP contribution in [0.3, 0.4) is 0 Å². The molecular weight excluding hydrogens is 367 g/mol. The van der Waals surface area contributed by atoms with Gasteiger partial charge in [0.1, 0.15) is 15.7 Å². The smallest absolute Gasteiger partial charge is 0.326 e. The molecular formula is C17H16F3N3O2S. The lowest BCUT2D eigenvalue weighted by Crippen LogP contribution is -2.40. The normalized spacial score (nSPS) is 20.2. The summed E-state index contributed by atoms with van der Waals surface area (Å²) in [6.45, 7) is 3.56. The Bertz CT molecular complexity index is 951. The number of alkyl halides is 3. The van der Waals surface area contributed by atoms with Crippen molar-refractivity contribution < 1.29 is 22.8 Å². The summed E-state index contributed by atoms with van der Waals surface area (Å²) in [5.41, 5.74) is -0.467. The topological polar surface area (TPSA) is 62.3 Å². The van der Waals surface area contributed by atoms with Crippen molar-refractivity contribution in [3.8, 4) is 0 Å². The molecule has 1 fully saturated rings. The maximum Gasteiger partial charge on any atom is 0.417 e. The molecule has 0 aromatic carbocycles. The minimum atomic E-state index is -4.61. The van der Waals surface area contributed by atoms with Gasteiger partial charge in [0, 0.05) is 17.6 Å². The largest absolute Gasteiger partial charge is 0.417 e. The lowest BCUT2D eigenvalue weighted by molar-refractivity contribution is -0.136. The van der Waals surface area contributed by atoms with E-state index >= 15 is 0 Å². The van der Waals surface area contributed by atoms with Crippen LogP contribution in [0.2, 0.25) is 0 Å². The Morgan fingerprint density at radius 1 is 1.35 bits per heavy atom. The molecule has 1 N–H and O–H groups in total. The molecule has 5 nitrogen and oxygen atoms in total. The van der Waals surface area contributed by atoms with Gasteiger partial charge in [0.05, 0.1) is 11.3 Å². The van der Waals surface area contributed by atoms with E-state index in [1.54, 1.807) is 6.92 Å². The van der Waals surface area contributed by atoms with E-state index in [9.17, 15) is 22.8 Å². The Morgan fingerprint density at radius 3 is 2.73 bits per heavy atom. The quantitative estimate of drug-likeness (QED) is 0.816. The van der Waals surface area contributed by atoms with Crippen LogP contribution in [-0.2, 0) is 17.4 Å². The van der Waals surface area contributed by atoms with Crippen molar-refractivity contribution in [2.45, 2.75) is 45.3 Å². The van der Waals surface area contributed by atoms with Gasteiger partial charge in [-0.15, -0.1) is 11.3 Å². The summed E-state index contributed by atoms with van der Waals surface area (Å²) in [6.07, 6.45) is -3.04. The van der Waals surface area contributed by atoms with Crippen molar-refractivity contribution in [1.82, 2.24) is 9.88 Å². The highest BCUT2D eigenvalue weighted by molar-refractivity contribution is 7.21. The summed E-state index contributed by atoms with van der Waals surface area (Å²) in [5.74, 6) is -0.827. The van der Waals surface area contributed by atoms with Crippen molar-refractivity contribution in [3.63, 3.8) is 0 Å². The molecule has 138 valence electrons. The van der Waals surface area contributed by atoms with E-state index in [0.29, 0.717) is 31.5 Å². The first-order valence-electron chi connectivity index (χ1n) is 8.39. The first kappa shape index (κ1) is 17.3. The average Bonchev–Trinajstić information content (AvgIpc) is 3.15. The number of aryl methyl sites for hydroxylation is 1. The van der Waals surface area contributed by atoms with E-state index < -0.39 is 29.6 Å². The monoisotopic (exact) mass is 383 g/mol. The predicted molar refractivity (Wildman–Crippen MR) is 91.4 cm³/mol. The number of fused-ring (bicyclic) bond motifs is 4. The Hall–Kier alpha value is -2.16. The van der Waals surface area contributed by atoms with E-state index in [1.165, 1.54) is 11.8 Å². The molecule has 4 heterocycles. The highest BCUT2D eigenvalue weighted by atomic mass is 32.1. The molecule has 2 amide bonds.